The van der Waals surface area contributed by atoms with Crippen molar-refractivity contribution in [3.05, 3.63) is 40.9 Å². The summed E-state index contributed by atoms with van der Waals surface area (Å²) in [5.41, 5.74) is 6.29. The minimum Gasteiger partial charge on any atom is -0.496 e. The number of fused-ring (bicyclic) bond motifs is 1. The van der Waals surface area contributed by atoms with Crippen molar-refractivity contribution in [3.8, 4) is 11.6 Å². The number of nitrogen functional groups attached to an aromatic ring is 1. The van der Waals surface area contributed by atoms with E-state index in [-0.39, 0.29) is 11.8 Å². The number of nitrogens with zero attached hydrogens (tertiary/aromatic N) is 3. The number of hydrogen-bond acceptors (Lipinski definition) is 4. The molecule has 0 radical (unpaired) electrons. The normalized spacial score (nSPS) is 10.9. The lowest BCUT2D eigenvalue weighted by Crippen LogP contribution is -2.04. The van der Waals surface area contributed by atoms with Crippen LogP contribution in [0.1, 0.15) is 0 Å². The van der Waals surface area contributed by atoms with Gasteiger partial charge in [0.1, 0.15) is 5.75 Å². The summed E-state index contributed by atoms with van der Waals surface area (Å²) in [4.78, 5) is 7.57. The van der Waals surface area contributed by atoms with Crippen LogP contribution in [0.2, 0.25) is 0 Å². The highest BCUT2D eigenvalue weighted by molar-refractivity contribution is 9.10. The maximum atomic E-state index is 13.9. The fourth-order valence-corrected chi connectivity index (χ4v) is 2.49. The van der Waals surface area contributed by atoms with Gasteiger partial charge in [0, 0.05) is 16.1 Å². The standard InChI is InChI=1S/C13H10BrFN4O/c1-20-11-5-7(14)4-10-8(11)2-3-19(10)12-9(15)6-17-13(16)18-12/h2-6H,1H3,(H2,16,17,18). The van der Waals surface area contributed by atoms with Crippen LogP contribution in [0.3, 0.4) is 0 Å². The Balaban J connectivity index is 2.32. The van der Waals surface area contributed by atoms with Gasteiger partial charge < -0.3 is 10.5 Å². The predicted octanol–water partition coefficient (Wildman–Crippen LogP) is 2.91. The van der Waals surface area contributed by atoms with Gasteiger partial charge in [-0.15, -0.1) is 0 Å². The summed E-state index contributed by atoms with van der Waals surface area (Å²) in [6.45, 7) is 0. The summed E-state index contributed by atoms with van der Waals surface area (Å²) in [6, 6.07) is 5.53. The number of benzene rings is 1. The Labute approximate surface area is 122 Å². The number of ether oxygens (including phenoxy) is 1. The van der Waals surface area contributed by atoms with Crippen LogP contribution in [0.4, 0.5) is 10.3 Å². The van der Waals surface area contributed by atoms with Crippen LogP contribution in [0, 0.1) is 5.82 Å². The van der Waals surface area contributed by atoms with Crippen molar-refractivity contribution in [1.82, 2.24) is 14.5 Å². The Morgan fingerprint density at radius 2 is 2.20 bits per heavy atom. The minimum atomic E-state index is -0.546. The molecule has 0 amide bonds. The topological polar surface area (TPSA) is 66.0 Å². The Kier molecular flexibility index (Phi) is 3.06. The first-order valence-electron chi connectivity index (χ1n) is 5.73. The lowest BCUT2D eigenvalue weighted by molar-refractivity contribution is 0.419. The monoisotopic (exact) mass is 336 g/mol. The molecule has 0 spiro atoms. The van der Waals surface area contributed by atoms with Crippen LogP contribution in [-0.4, -0.2) is 21.6 Å². The third-order valence-electron chi connectivity index (χ3n) is 2.93. The maximum Gasteiger partial charge on any atom is 0.222 e. The molecular formula is C13H10BrFN4O. The zero-order valence-corrected chi connectivity index (χ0v) is 12.1. The minimum absolute atomic E-state index is 0.0187. The van der Waals surface area contributed by atoms with Crippen LogP contribution in [0.5, 0.6) is 5.75 Å². The summed E-state index contributed by atoms with van der Waals surface area (Å²) >= 11 is 3.40. The molecule has 102 valence electrons. The first kappa shape index (κ1) is 12.9. The second-order valence-electron chi connectivity index (χ2n) is 4.13. The van der Waals surface area contributed by atoms with Gasteiger partial charge in [0.2, 0.25) is 5.95 Å². The van der Waals surface area contributed by atoms with Crippen LogP contribution in [-0.2, 0) is 0 Å². The lowest BCUT2D eigenvalue weighted by Gasteiger charge is -2.08. The van der Waals surface area contributed by atoms with Gasteiger partial charge >= 0.3 is 0 Å². The van der Waals surface area contributed by atoms with Crippen LogP contribution in [0.15, 0.2) is 35.1 Å². The fourth-order valence-electron chi connectivity index (χ4n) is 2.07. The number of anilines is 1. The fraction of sp³-hybridized carbons (Fsp3) is 0.0769. The lowest BCUT2D eigenvalue weighted by atomic mass is 10.2. The highest BCUT2D eigenvalue weighted by Gasteiger charge is 2.13. The van der Waals surface area contributed by atoms with Crippen molar-refractivity contribution in [1.29, 1.82) is 0 Å². The van der Waals surface area contributed by atoms with Gasteiger partial charge in [-0.25, -0.2) is 9.37 Å². The molecule has 0 saturated carbocycles. The van der Waals surface area contributed by atoms with E-state index in [1.54, 1.807) is 17.9 Å². The van der Waals surface area contributed by atoms with E-state index in [1.807, 2.05) is 18.2 Å². The molecule has 20 heavy (non-hydrogen) atoms. The van der Waals surface area contributed by atoms with E-state index in [4.69, 9.17) is 10.5 Å². The highest BCUT2D eigenvalue weighted by atomic mass is 79.9. The molecule has 5 nitrogen and oxygen atoms in total. The predicted molar refractivity (Wildman–Crippen MR) is 77.5 cm³/mol. The summed E-state index contributed by atoms with van der Waals surface area (Å²) < 4.78 is 21.6. The average molecular weight is 337 g/mol. The molecule has 0 aliphatic heterocycles. The van der Waals surface area contributed by atoms with Gasteiger partial charge in [-0.05, 0) is 18.2 Å². The zero-order chi connectivity index (χ0) is 14.3. The van der Waals surface area contributed by atoms with E-state index in [9.17, 15) is 4.39 Å². The van der Waals surface area contributed by atoms with Gasteiger partial charge in [-0.1, -0.05) is 15.9 Å². The molecule has 0 atom stereocenters. The van der Waals surface area contributed by atoms with Crippen molar-refractivity contribution in [2.45, 2.75) is 0 Å². The van der Waals surface area contributed by atoms with Crippen LogP contribution < -0.4 is 10.5 Å². The molecule has 1 aromatic carbocycles. The second kappa shape index (κ2) is 4.75. The van der Waals surface area contributed by atoms with E-state index < -0.39 is 5.82 Å². The molecule has 0 aliphatic carbocycles. The van der Waals surface area contributed by atoms with Gasteiger partial charge in [-0.2, -0.15) is 4.98 Å². The molecule has 0 aliphatic rings. The Morgan fingerprint density at radius 1 is 1.40 bits per heavy atom. The van der Waals surface area contributed by atoms with Crippen molar-refractivity contribution in [3.63, 3.8) is 0 Å². The first-order valence-corrected chi connectivity index (χ1v) is 6.52. The molecule has 0 unspecified atom stereocenters. The van der Waals surface area contributed by atoms with Gasteiger partial charge in [0.25, 0.3) is 0 Å². The third kappa shape index (κ3) is 2.00. The van der Waals surface area contributed by atoms with E-state index in [0.717, 1.165) is 21.6 Å². The van der Waals surface area contributed by atoms with Gasteiger partial charge in [0.15, 0.2) is 11.6 Å². The number of rotatable bonds is 2. The number of methoxy groups -OCH3 is 1. The zero-order valence-electron chi connectivity index (χ0n) is 10.5. The Morgan fingerprint density at radius 3 is 2.95 bits per heavy atom. The number of nitrogens with two attached hydrogens (primary N) is 1. The molecular weight excluding hydrogens is 327 g/mol. The molecule has 0 saturated heterocycles. The Hall–Kier alpha value is -2.15. The first-order chi connectivity index (χ1) is 9.60. The summed E-state index contributed by atoms with van der Waals surface area (Å²) in [6.07, 6.45) is 2.77. The molecule has 0 fully saturated rings. The summed E-state index contributed by atoms with van der Waals surface area (Å²) in [5, 5.41) is 0.854. The molecule has 3 rings (SSSR count). The van der Waals surface area contributed by atoms with Crippen molar-refractivity contribution < 1.29 is 9.13 Å². The van der Waals surface area contributed by atoms with Gasteiger partial charge in [0.05, 0.1) is 18.8 Å². The summed E-state index contributed by atoms with van der Waals surface area (Å²) in [5.74, 6) is 0.268. The largest absolute Gasteiger partial charge is 0.496 e. The average Bonchev–Trinajstić information content (AvgIpc) is 2.84. The van der Waals surface area contributed by atoms with Gasteiger partial charge in [-0.3, -0.25) is 4.57 Å². The maximum absolute atomic E-state index is 13.9. The molecule has 2 N–H and O–H groups in total. The SMILES string of the molecule is COc1cc(Br)cc2c1ccn2-c1nc(N)ncc1F. The third-order valence-corrected chi connectivity index (χ3v) is 3.38. The van der Waals surface area contributed by atoms with Crippen LogP contribution in [0.25, 0.3) is 16.7 Å². The second-order valence-corrected chi connectivity index (χ2v) is 5.04. The van der Waals surface area contributed by atoms with E-state index in [0.29, 0.717) is 5.75 Å². The molecule has 3 aromatic rings. The van der Waals surface area contributed by atoms with Crippen molar-refractivity contribution in [2.75, 3.05) is 12.8 Å². The van der Waals surface area contributed by atoms with E-state index in [2.05, 4.69) is 25.9 Å². The number of halogens is 2. The summed E-state index contributed by atoms with van der Waals surface area (Å²) in [7, 11) is 1.59. The molecule has 2 heterocycles. The van der Waals surface area contributed by atoms with Crippen molar-refractivity contribution in [2.24, 2.45) is 0 Å². The molecule has 0 bridgehead atoms. The van der Waals surface area contributed by atoms with Crippen molar-refractivity contribution >= 4 is 32.8 Å². The van der Waals surface area contributed by atoms with Crippen LogP contribution >= 0.6 is 15.9 Å². The highest BCUT2D eigenvalue weighted by Crippen LogP contribution is 2.32. The van der Waals surface area contributed by atoms with E-state index >= 15 is 0 Å². The smallest absolute Gasteiger partial charge is 0.222 e. The number of hydrogen-bond donors (Lipinski definition) is 1. The quantitative estimate of drug-likeness (QED) is 0.781. The van der Waals surface area contributed by atoms with E-state index in [1.165, 1.54) is 0 Å². The number of aromatic nitrogens is 3. The molecule has 7 heteroatoms. The Bertz CT molecular complexity index is 802. The molecule has 2 aromatic heterocycles.